The van der Waals surface area contributed by atoms with Gasteiger partial charge in [-0.1, -0.05) is 44.7 Å². The van der Waals surface area contributed by atoms with Crippen molar-refractivity contribution >= 4 is 12.0 Å². The highest BCUT2D eigenvalue weighted by molar-refractivity contribution is 6.01. The average molecular weight is 296 g/mol. The molecule has 0 aliphatic rings. The molecule has 0 saturated carbocycles. The van der Waals surface area contributed by atoms with Crippen molar-refractivity contribution < 1.29 is 4.79 Å². The Hall–Kier alpha value is -2.87. The van der Waals surface area contributed by atoms with E-state index in [0.29, 0.717) is 5.82 Å². The number of carbonyl (C=O) groups is 1. The minimum absolute atomic E-state index is 0.00179. The number of aromatic nitrogens is 2. The fourth-order valence-electron chi connectivity index (χ4n) is 1.95. The van der Waals surface area contributed by atoms with Gasteiger partial charge in [-0.25, -0.2) is 4.98 Å². The van der Waals surface area contributed by atoms with Gasteiger partial charge in [0.15, 0.2) is 0 Å². The summed E-state index contributed by atoms with van der Waals surface area (Å²) in [5, 5.41) is 12.0. The number of hydrogen-bond acceptors (Lipinski definition) is 3. The van der Waals surface area contributed by atoms with E-state index in [4.69, 9.17) is 5.26 Å². The Labute approximate surface area is 130 Å². The van der Waals surface area contributed by atoms with E-state index in [1.54, 1.807) is 30.6 Å². The predicted octanol–water partition coefficient (Wildman–Crippen LogP) is 2.90. The van der Waals surface area contributed by atoms with Crippen molar-refractivity contribution in [2.24, 2.45) is 0 Å². The summed E-state index contributed by atoms with van der Waals surface area (Å²) in [6.07, 6.45) is 11.4. The number of nitriles is 1. The molecule has 0 spiro atoms. The summed E-state index contributed by atoms with van der Waals surface area (Å²) in [5.74, 6) is 0.0264. The molecule has 0 saturated heterocycles. The lowest BCUT2D eigenvalue weighted by Gasteiger charge is -2.19. The molecule has 22 heavy (non-hydrogen) atoms. The van der Waals surface area contributed by atoms with Crippen LogP contribution in [0.5, 0.6) is 0 Å². The van der Waals surface area contributed by atoms with Crippen LogP contribution in [0.4, 0.5) is 0 Å². The molecular formula is C17H20N4O. The number of aromatic amines is 1. The molecule has 1 amide bonds. The third kappa shape index (κ3) is 4.91. The normalized spacial score (nSPS) is 13.1. The molecule has 0 aliphatic heterocycles. The molecule has 1 rings (SSSR count). The molecule has 0 bridgehead atoms. The zero-order chi connectivity index (χ0) is 16.4. The van der Waals surface area contributed by atoms with E-state index in [-0.39, 0.29) is 11.6 Å². The Kier molecular flexibility index (Phi) is 7.14. The zero-order valence-corrected chi connectivity index (χ0v) is 12.7. The van der Waals surface area contributed by atoms with Crippen LogP contribution < -0.4 is 5.32 Å². The van der Waals surface area contributed by atoms with Crippen LogP contribution in [0, 0.1) is 11.3 Å². The SMILES string of the molecule is C=C/C=C(\C=C)C(CCC)NC(=O)/C(C#N)=C/c1ncc[nH]1. The van der Waals surface area contributed by atoms with E-state index in [2.05, 4.69) is 28.4 Å². The highest BCUT2D eigenvalue weighted by Crippen LogP contribution is 2.12. The molecule has 5 nitrogen and oxygen atoms in total. The summed E-state index contributed by atoms with van der Waals surface area (Å²) >= 11 is 0. The second kappa shape index (κ2) is 9.14. The van der Waals surface area contributed by atoms with Gasteiger partial charge in [0.2, 0.25) is 0 Å². The number of amides is 1. The Bertz CT molecular complexity index is 618. The second-order valence-electron chi connectivity index (χ2n) is 4.57. The molecular weight excluding hydrogens is 276 g/mol. The van der Waals surface area contributed by atoms with Crippen molar-refractivity contribution in [1.29, 1.82) is 5.26 Å². The lowest BCUT2D eigenvalue weighted by molar-refractivity contribution is -0.117. The predicted molar refractivity (Wildman–Crippen MR) is 87.5 cm³/mol. The number of carbonyl (C=O) groups excluding carboxylic acids is 1. The number of allylic oxidation sites excluding steroid dienone is 2. The molecule has 1 heterocycles. The minimum atomic E-state index is -0.436. The van der Waals surface area contributed by atoms with E-state index in [0.717, 1.165) is 18.4 Å². The van der Waals surface area contributed by atoms with Crippen LogP contribution in [-0.4, -0.2) is 21.9 Å². The Morgan fingerprint density at radius 2 is 2.36 bits per heavy atom. The van der Waals surface area contributed by atoms with Crippen molar-refractivity contribution in [3.8, 4) is 6.07 Å². The molecule has 1 aromatic rings. The summed E-state index contributed by atoms with van der Waals surface area (Å²) in [5.41, 5.74) is 0.860. The highest BCUT2D eigenvalue weighted by atomic mass is 16.1. The maximum atomic E-state index is 12.3. The van der Waals surface area contributed by atoms with Gasteiger partial charge in [-0.15, -0.1) is 0 Å². The van der Waals surface area contributed by atoms with E-state index in [1.165, 1.54) is 6.08 Å². The Morgan fingerprint density at radius 1 is 1.59 bits per heavy atom. The first kappa shape index (κ1) is 17.2. The first-order chi connectivity index (χ1) is 10.7. The third-order valence-electron chi connectivity index (χ3n) is 3.00. The van der Waals surface area contributed by atoms with Gasteiger partial charge in [-0.05, 0) is 12.0 Å². The largest absolute Gasteiger partial charge is 0.345 e. The lowest BCUT2D eigenvalue weighted by atomic mass is 10.0. The fraction of sp³-hybridized carbons (Fsp3) is 0.235. The first-order valence-corrected chi connectivity index (χ1v) is 7.03. The molecule has 1 atom stereocenters. The van der Waals surface area contributed by atoms with Gasteiger partial charge in [0.25, 0.3) is 5.91 Å². The third-order valence-corrected chi connectivity index (χ3v) is 3.00. The maximum Gasteiger partial charge on any atom is 0.262 e. The molecule has 0 radical (unpaired) electrons. The minimum Gasteiger partial charge on any atom is -0.345 e. The molecule has 2 N–H and O–H groups in total. The summed E-state index contributed by atoms with van der Waals surface area (Å²) < 4.78 is 0. The highest BCUT2D eigenvalue weighted by Gasteiger charge is 2.17. The van der Waals surface area contributed by atoms with Gasteiger partial charge < -0.3 is 10.3 Å². The van der Waals surface area contributed by atoms with E-state index in [1.807, 2.05) is 13.0 Å². The van der Waals surface area contributed by atoms with Crippen LogP contribution in [0.15, 0.2) is 54.9 Å². The van der Waals surface area contributed by atoms with Gasteiger partial charge >= 0.3 is 0 Å². The number of rotatable bonds is 8. The van der Waals surface area contributed by atoms with Gasteiger partial charge in [0.05, 0.1) is 6.04 Å². The maximum absolute atomic E-state index is 12.3. The summed E-state index contributed by atoms with van der Waals surface area (Å²) in [7, 11) is 0. The number of H-pyrrole nitrogens is 1. The van der Waals surface area contributed by atoms with Crippen LogP contribution in [0.3, 0.4) is 0 Å². The number of imidazole rings is 1. The van der Waals surface area contributed by atoms with Gasteiger partial charge in [0, 0.05) is 18.5 Å². The zero-order valence-electron chi connectivity index (χ0n) is 12.7. The van der Waals surface area contributed by atoms with E-state index in [9.17, 15) is 4.79 Å². The van der Waals surface area contributed by atoms with Gasteiger partial charge in [-0.2, -0.15) is 5.26 Å². The quantitative estimate of drug-likeness (QED) is 0.439. The number of hydrogen-bond donors (Lipinski definition) is 2. The average Bonchev–Trinajstić information content (AvgIpc) is 3.02. The van der Waals surface area contributed by atoms with E-state index < -0.39 is 5.91 Å². The van der Waals surface area contributed by atoms with Crippen LogP contribution in [0.2, 0.25) is 0 Å². The van der Waals surface area contributed by atoms with Crippen molar-refractivity contribution in [3.63, 3.8) is 0 Å². The molecule has 1 aromatic heterocycles. The van der Waals surface area contributed by atoms with Crippen LogP contribution >= 0.6 is 0 Å². The van der Waals surface area contributed by atoms with Crippen molar-refractivity contribution in [3.05, 3.63) is 60.8 Å². The van der Waals surface area contributed by atoms with E-state index >= 15 is 0 Å². The second-order valence-corrected chi connectivity index (χ2v) is 4.57. The topological polar surface area (TPSA) is 81.6 Å². The Morgan fingerprint density at radius 3 is 2.86 bits per heavy atom. The van der Waals surface area contributed by atoms with Gasteiger partial charge in [-0.3, -0.25) is 4.79 Å². The van der Waals surface area contributed by atoms with Crippen LogP contribution in [0.1, 0.15) is 25.6 Å². The molecule has 5 heteroatoms. The standard InChI is InChI=1S/C17H20N4O/c1-4-7-13(6-3)15(8-5-2)21-17(22)14(12-18)11-16-19-9-10-20-16/h4,6-7,9-11,15H,1,3,5,8H2,2H3,(H,19,20)(H,21,22)/b13-7+,14-11+. The summed E-state index contributed by atoms with van der Waals surface area (Å²) in [4.78, 5) is 19.1. The summed E-state index contributed by atoms with van der Waals surface area (Å²) in [6, 6.07) is 1.69. The Balaban J connectivity index is 2.94. The number of nitrogens with zero attached hydrogens (tertiary/aromatic N) is 2. The van der Waals surface area contributed by atoms with Crippen LogP contribution in [-0.2, 0) is 4.79 Å². The summed E-state index contributed by atoms with van der Waals surface area (Å²) in [6.45, 7) is 9.44. The van der Waals surface area contributed by atoms with Crippen LogP contribution in [0.25, 0.3) is 6.08 Å². The van der Waals surface area contributed by atoms with Crippen molar-refractivity contribution in [1.82, 2.24) is 15.3 Å². The van der Waals surface area contributed by atoms with Gasteiger partial charge in [0.1, 0.15) is 17.5 Å². The smallest absolute Gasteiger partial charge is 0.262 e. The lowest BCUT2D eigenvalue weighted by Crippen LogP contribution is -2.36. The molecule has 0 fully saturated rings. The molecule has 114 valence electrons. The molecule has 0 aliphatic carbocycles. The molecule has 0 aromatic carbocycles. The number of nitrogens with one attached hydrogen (secondary N) is 2. The van der Waals surface area contributed by atoms with Crippen molar-refractivity contribution in [2.75, 3.05) is 0 Å². The fourth-order valence-corrected chi connectivity index (χ4v) is 1.95. The first-order valence-electron chi connectivity index (χ1n) is 7.03. The molecule has 1 unspecified atom stereocenters. The van der Waals surface area contributed by atoms with Crippen molar-refractivity contribution in [2.45, 2.75) is 25.8 Å². The monoisotopic (exact) mass is 296 g/mol.